The summed E-state index contributed by atoms with van der Waals surface area (Å²) < 4.78 is 8.80. The summed E-state index contributed by atoms with van der Waals surface area (Å²) in [5.74, 6) is 1.33. The number of aryl methyl sites for hydroxylation is 1. The van der Waals surface area contributed by atoms with Crippen LogP contribution in [0.25, 0.3) is 0 Å². The molecule has 7 nitrogen and oxygen atoms in total. The molecule has 0 aliphatic carbocycles. The molecule has 1 atom stereocenters. The van der Waals surface area contributed by atoms with Crippen molar-refractivity contribution in [2.45, 2.75) is 46.1 Å². The van der Waals surface area contributed by atoms with Gasteiger partial charge in [0.2, 0.25) is 0 Å². The predicted molar refractivity (Wildman–Crippen MR) is 103 cm³/mol. The molecule has 2 fully saturated rings. The van der Waals surface area contributed by atoms with E-state index >= 15 is 0 Å². The number of likely N-dealkylation sites (tertiary alicyclic amines) is 1. The van der Waals surface area contributed by atoms with E-state index in [-0.39, 0.29) is 11.1 Å². The van der Waals surface area contributed by atoms with E-state index in [1.165, 1.54) is 11.1 Å². The van der Waals surface area contributed by atoms with Gasteiger partial charge in [-0.3, -0.25) is 9.47 Å². The van der Waals surface area contributed by atoms with Crippen LogP contribution >= 0.6 is 0 Å². The van der Waals surface area contributed by atoms with Crippen molar-refractivity contribution in [3.8, 4) is 0 Å². The number of hydrogen-bond acceptors (Lipinski definition) is 5. The van der Waals surface area contributed by atoms with Gasteiger partial charge in [-0.15, -0.1) is 0 Å². The van der Waals surface area contributed by atoms with Gasteiger partial charge in [0.05, 0.1) is 13.2 Å². The molecule has 0 spiro atoms. The van der Waals surface area contributed by atoms with Gasteiger partial charge in [-0.2, -0.15) is 5.10 Å². The molecule has 0 bridgehead atoms. The molecule has 2 aliphatic rings. The largest absolute Gasteiger partial charge is 0.379 e. The third-order valence-corrected chi connectivity index (χ3v) is 5.63. The minimum atomic E-state index is 0.00673. The summed E-state index contributed by atoms with van der Waals surface area (Å²) in [6.07, 6.45) is 2.30. The summed E-state index contributed by atoms with van der Waals surface area (Å²) in [4.78, 5) is 17.3. The van der Waals surface area contributed by atoms with Crippen LogP contribution in [0.5, 0.6) is 0 Å². The first-order valence-corrected chi connectivity index (χ1v) is 10.1. The maximum absolute atomic E-state index is 12.2. The van der Waals surface area contributed by atoms with E-state index in [4.69, 9.17) is 4.74 Å². The fourth-order valence-corrected chi connectivity index (χ4v) is 4.55. The molecule has 2 aliphatic heterocycles. The number of rotatable bonds is 6. The highest BCUT2D eigenvalue weighted by Crippen LogP contribution is 2.28. The summed E-state index contributed by atoms with van der Waals surface area (Å²) in [6.45, 7) is 15.6. The van der Waals surface area contributed by atoms with E-state index < -0.39 is 0 Å². The molecule has 0 amide bonds. The second kappa shape index (κ2) is 8.23. The smallest absolute Gasteiger partial charge is 0.345 e. The molecule has 148 valence electrons. The van der Waals surface area contributed by atoms with Gasteiger partial charge in [0.15, 0.2) is 0 Å². The van der Waals surface area contributed by atoms with Crippen LogP contribution < -0.4 is 5.69 Å². The van der Waals surface area contributed by atoms with Crippen LogP contribution in [-0.4, -0.2) is 76.6 Å². The number of nitrogens with zero attached hydrogens (tertiary/aromatic N) is 5. The molecule has 2 saturated heterocycles. The van der Waals surface area contributed by atoms with Crippen molar-refractivity contribution in [1.29, 1.82) is 0 Å². The summed E-state index contributed by atoms with van der Waals surface area (Å²) >= 11 is 0. The lowest BCUT2D eigenvalue weighted by molar-refractivity contribution is 0.0131. The fraction of sp³-hybridized carbons (Fsp3) is 0.895. The third-order valence-electron chi connectivity index (χ3n) is 5.63. The molecule has 1 aromatic rings. The first-order chi connectivity index (χ1) is 12.4. The Morgan fingerprint density at radius 3 is 2.54 bits per heavy atom. The van der Waals surface area contributed by atoms with Crippen LogP contribution in [0.15, 0.2) is 4.79 Å². The Labute approximate surface area is 156 Å². The highest BCUT2D eigenvalue weighted by atomic mass is 16.5. The Kier molecular flexibility index (Phi) is 6.20. The summed E-state index contributed by atoms with van der Waals surface area (Å²) in [5, 5.41) is 4.55. The Hall–Kier alpha value is -1.18. The average Bonchev–Trinajstić information content (AvgIpc) is 2.89. The molecule has 0 aromatic carbocycles. The lowest BCUT2D eigenvalue weighted by Crippen LogP contribution is -2.48. The van der Waals surface area contributed by atoms with Crippen molar-refractivity contribution in [3.05, 3.63) is 16.3 Å². The Morgan fingerprint density at radius 1 is 1.15 bits per heavy atom. The molecule has 0 N–H and O–H groups in total. The van der Waals surface area contributed by atoms with E-state index in [0.29, 0.717) is 12.5 Å². The SMILES string of the molecule is CCn1c(C2CCCN(CC(C)(C)CN3CCOCC3)C2)nn(C)c1=O. The maximum atomic E-state index is 12.2. The van der Waals surface area contributed by atoms with Crippen molar-refractivity contribution in [2.24, 2.45) is 12.5 Å². The molecule has 0 saturated carbocycles. The van der Waals surface area contributed by atoms with E-state index in [9.17, 15) is 4.79 Å². The van der Waals surface area contributed by atoms with Crippen molar-refractivity contribution >= 4 is 0 Å². The lowest BCUT2D eigenvalue weighted by atomic mass is 9.89. The highest BCUT2D eigenvalue weighted by Gasteiger charge is 2.31. The van der Waals surface area contributed by atoms with Crippen molar-refractivity contribution in [3.63, 3.8) is 0 Å². The minimum absolute atomic E-state index is 0.00673. The van der Waals surface area contributed by atoms with Crippen LogP contribution in [-0.2, 0) is 18.3 Å². The molecule has 0 radical (unpaired) electrons. The van der Waals surface area contributed by atoms with E-state index in [0.717, 1.165) is 64.7 Å². The zero-order valence-electron chi connectivity index (χ0n) is 16.9. The van der Waals surface area contributed by atoms with Gasteiger partial charge in [0.1, 0.15) is 5.82 Å². The zero-order valence-corrected chi connectivity index (χ0v) is 16.9. The first kappa shape index (κ1) is 19.6. The Balaban J connectivity index is 1.63. The van der Waals surface area contributed by atoms with Gasteiger partial charge in [-0.05, 0) is 31.7 Å². The van der Waals surface area contributed by atoms with E-state index in [1.54, 1.807) is 7.05 Å². The van der Waals surface area contributed by atoms with Gasteiger partial charge in [0.25, 0.3) is 0 Å². The molecule has 1 aromatic heterocycles. The van der Waals surface area contributed by atoms with Crippen LogP contribution in [0.2, 0.25) is 0 Å². The molecular formula is C19H35N5O2. The number of piperidine rings is 1. The molecular weight excluding hydrogens is 330 g/mol. The first-order valence-electron chi connectivity index (χ1n) is 10.1. The monoisotopic (exact) mass is 365 g/mol. The van der Waals surface area contributed by atoms with Gasteiger partial charge in [-0.1, -0.05) is 13.8 Å². The van der Waals surface area contributed by atoms with Crippen LogP contribution in [0.4, 0.5) is 0 Å². The number of hydrogen-bond donors (Lipinski definition) is 0. The van der Waals surface area contributed by atoms with E-state index in [2.05, 4.69) is 28.7 Å². The van der Waals surface area contributed by atoms with Crippen LogP contribution in [0.3, 0.4) is 0 Å². The number of morpholine rings is 1. The van der Waals surface area contributed by atoms with Crippen LogP contribution in [0.1, 0.15) is 45.4 Å². The summed E-state index contributed by atoms with van der Waals surface area (Å²) in [7, 11) is 1.75. The average molecular weight is 366 g/mol. The minimum Gasteiger partial charge on any atom is -0.379 e. The Bertz CT molecular complexity index is 645. The topological polar surface area (TPSA) is 55.5 Å². The number of ether oxygens (including phenoxy) is 1. The number of aromatic nitrogens is 3. The zero-order chi connectivity index (χ0) is 18.7. The standard InChI is InChI=1S/C19H35N5O2/c1-5-24-17(20-21(4)18(24)25)16-7-6-8-23(13-16)15-19(2,3)14-22-9-11-26-12-10-22/h16H,5-15H2,1-4H3. The maximum Gasteiger partial charge on any atom is 0.345 e. The van der Waals surface area contributed by atoms with Crippen molar-refractivity contribution < 1.29 is 4.74 Å². The molecule has 3 rings (SSSR count). The molecule has 7 heteroatoms. The van der Waals surface area contributed by atoms with Crippen LogP contribution in [0, 0.1) is 5.41 Å². The normalized spacial score (nSPS) is 23.5. The third kappa shape index (κ3) is 4.56. The highest BCUT2D eigenvalue weighted by molar-refractivity contribution is 5.01. The van der Waals surface area contributed by atoms with Crippen molar-refractivity contribution in [2.75, 3.05) is 52.5 Å². The second-order valence-electron chi connectivity index (χ2n) is 8.64. The fourth-order valence-electron chi connectivity index (χ4n) is 4.55. The quantitative estimate of drug-likeness (QED) is 0.757. The predicted octanol–water partition coefficient (Wildman–Crippen LogP) is 1.14. The van der Waals surface area contributed by atoms with Crippen molar-refractivity contribution in [1.82, 2.24) is 24.1 Å². The molecule has 26 heavy (non-hydrogen) atoms. The van der Waals surface area contributed by atoms with Gasteiger partial charge >= 0.3 is 5.69 Å². The van der Waals surface area contributed by atoms with Gasteiger partial charge < -0.3 is 9.64 Å². The Morgan fingerprint density at radius 2 is 1.85 bits per heavy atom. The second-order valence-corrected chi connectivity index (χ2v) is 8.64. The van der Waals surface area contributed by atoms with E-state index in [1.807, 2.05) is 11.5 Å². The summed E-state index contributed by atoms with van der Waals surface area (Å²) in [6, 6.07) is 0. The molecule has 3 heterocycles. The van der Waals surface area contributed by atoms with Gasteiger partial charge in [0, 0.05) is 52.2 Å². The lowest BCUT2D eigenvalue weighted by Gasteiger charge is -2.40. The molecule has 1 unspecified atom stereocenters. The summed E-state index contributed by atoms with van der Waals surface area (Å²) in [5.41, 5.74) is 0.251. The van der Waals surface area contributed by atoms with Gasteiger partial charge in [-0.25, -0.2) is 9.48 Å².